The number of hydrogen-bond acceptors (Lipinski definition) is 7. The maximum atomic E-state index is 13.3. The number of hydrogen-bond donors (Lipinski definition) is 0. The fourth-order valence-electron chi connectivity index (χ4n) is 5.62. The molecule has 0 saturated heterocycles. The largest absolute Gasteiger partial charge is 1.00 e. The quantitative estimate of drug-likeness (QED) is 0.0394. The van der Waals surface area contributed by atoms with E-state index in [4.69, 9.17) is 18.1 Å². The number of rotatable bonds is 33. The lowest BCUT2D eigenvalue weighted by molar-refractivity contribution is -0.890. The van der Waals surface area contributed by atoms with Crippen molar-refractivity contribution in [2.75, 3.05) is 72.7 Å². The Kier molecular flexibility index (Phi) is 31.7. The average molecular weight is 736 g/mol. The van der Waals surface area contributed by atoms with Crippen LogP contribution in [-0.4, -0.2) is 82.1 Å². The molecule has 0 aliphatic carbocycles. The van der Waals surface area contributed by atoms with Gasteiger partial charge in [-0.1, -0.05) is 96.8 Å². The highest BCUT2D eigenvalue weighted by Gasteiger charge is 2.33. The molecule has 0 radical (unpaired) electrons. The number of halogens is 1. The number of quaternary nitrogens is 1. The summed E-state index contributed by atoms with van der Waals surface area (Å²) in [6.07, 6.45) is 23.2. The standard InChI is InChI=1S/C33H73N2O6P2.BrH/c1-8-13-14-15-16-17-18-19-20-21-22-23-24-25-26-27-30-35(6,7)31-28-29-34(32-42(36,38-9-2)39-10-3)33-43(37,40-11-4)41-12-5;/h8-33H2,1-7H3;1H/q+1;/p-1. The lowest BCUT2D eigenvalue weighted by atomic mass is 10.0. The van der Waals surface area contributed by atoms with E-state index in [0.717, 1.165) is 24.0 Å². The van der Waals surface area contributed by atoms with Crippen molar-refractivity contribution in [3.05, 3.63) is 0 Å². The molecular weight excluding hydrogens is 662 g/mol. The minimum Gasteiger partial charge on any atom is -1.00 e. The molecule has 0 spiro atoms. The van der Waals surface area contributed by atoms with Crippen LogP contribution in [0.15, 0.2) is 0 Å². The van der Waals surface area contributed by atoms with Crippen LogP contribution in [0.5, 0.6) is 0 Å². The van der Waals surface area contributed by atoms with Gasteiger partial charge in [0.05, 0.1) is 53.6 Å². The molecule has 0 rings (SSSR count). The maximum absolute atomic E-state index is 13.3. The Morgan fingerprint density at radius 3 is 1.09 bits per heavy atom. The van der Waals surface area contributed by atoms with E-state index >= 15 is 0 Å². The van der Waals surface area contributed by atoms with E-state index in [-0.39, 0.29) is 29.6 Å². The molecule has 0 amide bonds. The molecule has 0 atom stereocenters. The van der Waals surface area contributed by atoms with Crippen LogP contribution in [-0.2, 0) is 27.2 Å². The SMILES string of the molecule is CCCCCCCCCCCCCCCCCC[N+](C)(C)CCCN(CP(=O)(OCC)OCC)CP(=O)(OCC)OCC.[Br-]. The van der Waals surface area contributed by atoms with Gasteiger partial charge in [-0.15, -0.1) is 0 Å². The van der Waals surface area contributed by atoms with E-state index in [9.17, 15) is 9.13 Å². The van der Waals surface area contributed by atoms with Crippen LogP contribution < -0.4 is 17.0 Å². The summed E-state index contributed by atoms with van der Waals surface area (Å²) < 4.78 is 49.7. The summed E-state index contributed by atoms with van der Waals surface area (Å²) in [4.78, 5) is 1.90. The summed E-state index contributed by atoms with van der Waals surface area (Å²) in [6.45, 7) is 13.4. The van der Waals surface area contributed by atoms with Crippen molar-refractivity contribution in [2.45, 2.75) is 144 Å². The number of unbranched alkanes of at least 4 members (excludes halogenated alkanes) is 15. The molecule has 8 nitrogen and oxygen atoms in total. The molecule has 0 bridgehead atoms. The lowest BCUT2D eigenvalue weighted by Crippen LogP contribution is -3.00. The first-order chi connectivity index (χ1) is 20.6. The van der Waals surface area contributed by atoms with Crippen molar-refractivity contribution in [3.63, 3.8) is 0 Å². The summed E-state index contributed by atoms with van der Waals surface area (Å²) in [7, 11) is -2.11. The normalized spacial score (nSPS) is 12.6. The second kappa shape index (κ2) is 29.8. The van der Waals surface area contributed by atoms with Crippen LogP contribution in [0.25, 0.3) is 0 Å². The van der Waals surface area contributed by atoms with Crippen molar-refractivity contribution < 1.29 is 48.7 Å². The van der Waals surface area contributed by atoms with Crippen molar-refractivity contribution >= 4 is 15.2 Å². The third-order valence-electron chi connectivity index (χ3n) is 7.90. The third kappa shape index (κ3) is 26.7. The first-order valence-electron chi connectivity index (χ1n) is 17.9. The van der Waals surface area contributed by atoms with Gasteiger partial charge in [0, 0.05) is 13.0 Å². The molecule has 0 aromatic carbocycles. The molecule has 0 aromatic rings. The van der Waals surface area contributed by atoms with Gasteiger partial charge in [-0.3, -0.25) is 14.0 Å². The molecule has 11 heteroatoms. The van der Waals surface area contributed by atoms with Gasteiger partial charge in [0.2, 0.25) is 0 Å². The van der Waals surface area contributed by atoms with E-state index in [2.05, 4.69) is 21.0 Å². The van der Waals surface area contributed by atoms with Crippen LogP contribution >= 0.6 is 15.2 Å². The Balaban J connectivity index is 0. The Bertz CT molecular complexity index is 680. The molecule has 44 heavy (non-hydrogen) atoms. The van der Waals surface area contributed by atoms with E-state index < -0.39 is 15.2 Å². The van der Waals surface area contributed by atoms with Crippen LogP contribution in [0.2, 0.25) is 0 Å². The Hall–Kier alpha value is 0.700. The monoisotopic (exact) mass is 734 g/mol. The molecule has 0 aliphatic heterocycles. The van der Waals surface area contributed by atoms with E-state index in [1.165, 1.54) is 103 Å². The van der Waals surface area contributed by atoms with Crippen molar-refractivity contribution in [2.24, 2.45) is 0 Å². The number of nitrogens with zero attached hydrogens (tertiary/aromatic N) is 2. The first kappa shape index (κ1) is 46.8. The summed E-state index contributed by atoms with van der Waals surface area (Å²) in [6, 6.07) is 0. The highest BCUT2D eigenvalue weighted by atomic mass is 79.9. The predicted molar refractivity (Wildman–Crippen MR) is 184 cm³/mol. The van der Waals surface area contributed by atoms with E-state index in [1.807, 2.05) is 4.90 Å². The summed E-state index contributed by atoms with van der Waals surface area (Å²) in [5.74, 6) is 0. The minimum atomic E-state index is -3.34. The van der Waals surface area contributed by atoms with Gasteiger partial charge in [-0.25, -0.2) is 0 Å². The second-order valence-corrected chi connectivity index (χ2v) is 16.7. The molecule has 268 valence electrons. The van der Waals surface area contributed by atoms with Gasteiger partial charge >= 0.3 is 15.2 Å². The van der Waals surface area contributed by atoms with Gasteiger partial charge in [-0.05, 0) is 40.5 Å². The van der Waals surface area contributed by atoms with Crippen LogP contribution in [0.3, 0.4) is 0 Å². The topological polar surface area (TPSA) is 74.3 Å². The zero-order chi connectivity index (χ0) is 32.3. The smallest absolute Gasteiger partial charge is 0.344 e. The maximum Gasteiger partial charge on any atom is 0.344 e. The Morgan fingerprint density at radius 2 is 0.773 bits per heavy atom. The fraction of sp³-hybridized carbons (Fsp3) is 1.00. The highest BCUT2D eigenvalue weighted by molar-refractivity contribution is 7.54. The van der Waals surface area contributed by atoms with Gasteiger partial charge in [-0.2, -0.15) is 0 Å². The minimum absolute atomic E-state index is 0. The Morgan fingerprint density at radius 1 is 0.477 bits per heavy atom. The summed E-state index contributed by atoms with van der Waals surface area (Å²) >= 11 is 0. The van der Waals surface area contributed by atoms with Crippen LogP contribution in [0, 0.1) is 0 Å². The third-order valence-corrected chi connectivity index (χ3v) is 12.0. The van der Waals surface area contributed by atoms with Crippen LogP contribution in [0.4, 0.5) is 0 Å². The molecule has 0 fully saturated rings. The zero-order valence-electron chi connectivity index (χ0n) is 30.0. The van der Waals surface area contributed by atoms with E-state index in [0.29, 0.717) is 33.0 Å². The van der Waals surface area contributed by atoms with E-state index in [1.54, 1.807) is 27.7 Å². The average Bonchev–Trinajstić information content (AvgIpc) is 2.93. The van der Waals surface area contributed by atoms with Gasteiger partial charge < -0.3 is 39.6 Å². The summed E-state index contributed by atoms with van der Waals surface area (Å²) in [5, 5.41) is 0. The molecule has 0 aliphatic rings. The molecule has 0 heterocycles. The predicted octanol–water partition coefficient (Wildman–Crippen LogP) is 7.47. The van der Waals surface area contributed by atoms with Crippen molar-refractivity contribution in [1.29, 1.82) is 0 Å². The first-order valence-corrected chi connectivity index (χ1v) is 21.3. The van der Waals surface area contributed by atoms with Crippen molar-refractivity contribution in [3.8, 4) is 0 Å². The summed E-state index contributed by atoms with van der Waals surface area (Å²) in [5.41, 5.74) is 0. The van der Waals surface area contributed by atoms with Gasteiger partial charge in [0.15, 0.2) is 0 Å². The molecule has 0 N–H and O–H groups in total. The molecule has 0 aromatic heterocycles. The lowest BCUT2D eigenvalue weighted by Gasteiger charge is -2.32. The van der Waals surface area contributed by atoms with Crippen molar-refractivity contribution in [1.82, 2.24) is 4.90 Å². The van der Waals surface area contributed by atoms with Crippen LogP contribution in [0.1, 0.15) is 144 Å². The highest BCUT2D eigenvalue weighted by Crippen LogP contribution is 2.53. The fourth-order valence-corrected chi connectivity index (χ4v) is 9.29. The van der Waals surface area contributed by atoms with Gasteiger partial charge in [0.25, 0.3) is 0 Å². The second-order valence-electron chi connectivity index (χ2n) is 12.6. The van der Waals surface area contributed by atoms with Gasteiger partial charge in [0.1, 0.15) is 12.6 Å². The molecule has 0 saturated carbocycles. The Labute approximate surface area is 284 Å². The molecular formula is C33H73BrN2O6P2. The zero-order valence-corrected chi connectivity index (χ0v) is 33.4. The molecule has 0 unspecified atom stereocenters.